The second kappa shape index (κ2) is 8.58. The highest BCUT2D eigenvalue weighted by Crippen LogP contribution is 2.26. The third kappa shape index (κ3) is 4.64. The van der Waals surface area contributed by atoms with Gasteiger partial charge in [0.05, 0.1) is 23.3 Å². The Labute approximate surface area is 178 Å². The summed E-state index contributed by atoms with van der Waals surface area (Å²) in [5.74, 6) is 0.324. The van der Waals surface area contributed by atoms with Gasteiger partial charge in [0.15, 0.2) is 0 Å². The molecule has 1 atom stereocenters. The lowest BCUT2D eigenvalue weighted by molar-refractivity contribution is 0.0998. The Balaban J connectivity index is 1.37. The van der Waals surface area contributed by atoms with Gasteiger partial charge in [-0.05, 0) is 61.0 Å². The van der Waals surface area contributed by atoms with Crippen LogP contribution in [-0.4, -0.2) is 22.1 Å². The molecule has 0 aliphatic carbocycles. The van der Waals surface area contributed by atoms with Crippen molar-refractivity contribution in [1.29, 1.82) is 0 Å². The van der Waals surface area contributed by atoms with Crippen LogP contribution in [0.2, 0.25) is 0 Å². The largest absolute Gasteiger partial charge is 0.457 e. The van der Waals surface area contributed by atoms with E-state index in [2.05, 4.69) is 20.8 Å². The number of amides is 3. The summed E-state index contributed by atoms with van der Waals surface area (Å²) >= 11 is 0. The lowest BCUT2D eigenvalue weighted by Gasteiger charge is -2.15. The minimum absolute atomic E-state index is 0.188. The fraction of sp³-hybridized carbons (Fsp3) is 0.0870. The number of fused-ring (bicyclic) bond motifs is 1. The predicted molar refractivity (Wildman–Crippen MR) is 118 cm³/mol. The van der Waals surface area contributed by atoms with Gasteiger partial charge in [-0.25, -0.2) is 4.79 Å². The van der Waals surface area contributed by atoms with Crippen molar-refractivity contribution in [2.45, 2.75) is 13.0 Å². The van der Waals surface area contributed by atoms with Crippen LogP contribution >= 0.6 is 0 Å². The van der Waals surface area contributed by atoms with Gasteiger partial charge in [0.25, 0.3) is 5.91 Å². The Morgan fingerprint density at radius 2 is 1.84 bits per heavy atom. The Bertz CT molecular complexity index is 1230. The minimum Gasteiger partial charge on any atom is -0.457 e. The highest BCUT2D eigenvalue weighted by atomic mass is 16.5. The molecule has 0 spiro atoms. The molecule has 31 heavy (non-hydrogen) atoms. The highest BCUT2D eigenvalue weighted by molar-refractivity contribution is 5.95. The Kier molecular flexibility index (Phi) is 5.53. The Hall–Kier alpha value is -4.33. The molecular formula is C23H21N5O3. The summed E-state index contributed by atoms with van der Waals surface area (Å²) in [6.45, 7) is 1.91. The van der Waals surface area contributed by atoms with E-state index in [4.69, 9.17) is 10.5 Å². The van der Waals surface area contributed by atoms with E-state index >= 15 is 0 Å². The van der Waals surface area contributed by atoms with Crippen molar-refractivity contribution < 1.29 is 14.3 Å². The first-order chi connectivity index (χ1) is 15.0. The van der Waals surface area contributed by atoms with Gasteiger partial charge in [-0.2, -0.15) is 5.10 Å². The fourth-order valence-electron chi connectivity index (χ4n) is 3.17. The van der Waals surface area contributed by atoms with E-state index in [1.54, 1.807) is 54.7 Å². The maximum atomic E-state index is 12.4. The number of nitrogens with zero attached hydrogens (tertiary/aromatic N) is 1. The molecule has 5 N–H and O–H groups in total. The van der Waals surface area contributed by atoms with Crippen molar-refractivity contribution in [1.82, 2.24) is 15.5 Å². The van der Waals surface area contributed by atoms with Crippen LogP contribution in [-0.2, 0) is 0 Å². The summed E-state index contributed by atoms with van der Waals surface area (Å²) in [6, 6.07) is 18.9. The summed E-state index contributed by atoms with van der Waals surface area (Å²) in [5.41, 5.74) is 8.19. The van der Waals surface area contributed by atoms with Crippen molar-refractivity contribution in [3.8, 4) is 11.5 Å². The van der Waals surface area contributed by atoms with Crippen LogP contribution in [0.3, 0.4) is 0 Å². The minimum atomic E-state index is -0.563. The van der Waals surface area contributed by atoms with Crippen molar-refractivity contribution >= 4 is 28.5 Å². The molecule has 3 aromatic carbocycles. The number of carbonyl (C=O) groups is 2. The van der Waals surface area contributed by atoms with Gasteiger partial charge < -0.3 is 21.1 Å². The quantitative estimate of drug-likeness (QED) is 0.374. The van der Waals surface area contributed by atoms with Crippen LogP contribution in [0.25, 0.3) is 10.9 Å². The number of anilines is 1. The van der Waals surface area contributed by atoms with E-state index in [0.29, 0.717) is 22.7 Å². The zero-order valence-electron chi connectivity index (χ0n) is 16.8. The van der Waals surface area contributed by atoms with Crippen LogP contribution in [0.4, 0.5) is 10.5 Å². The molecule has 0 saturated heterocycles. The molecule has 0 radical (unpaired) electrons. The summed E-state index contributed by atoms with van der Waals surface area (Å²) < 4.78 is 5.74. The molecule has 0 fully saturated rings. The molecule has 8 heteroatoms. The molecule has 0 aliphatic rings. The van der Waals surface area contributed by atoms with Gasteiger partial charge in [-0.1, -0.05) is 18.2 Å². The van der Waals surface area contributed by atoms with Crippen molar-refractivity contribution in [3.63, 3.8) is 0 Å². The van der Waals surface area contributed by atoms with Crippen molar-refractivity contribution in [3.05, 3.63) is 84.1 Å². The monoisotopic (exact) mass is 415 g/mol. The van der Waals surface area contributed by atoms with Crippen molar-refractivity contribution in [2.75, 3.05) is 5.32 Å². The lowest BCUT2D eigenvalue weighted by Crippen LogP contribution is -2.31. The molecule has 1 heterocycles. The Morgan fingerprint density at radius 3 is 2.61 bits per heavy atom. The van der Waals surface area contributed by atoms with Crippen LogP contribution in [0.15, 0.2) is 72.9 Å². The molecule has 1 unspecified atom stereocenters. The number of hydrogen-bond donors (Lipinski definition) is 4. The molecule has 4 aromatic rings. The van der Waals surface area contributed by atoms with E-state index in [1.165, 1.54) is 0 Å². The molecule has 156 valence electrons. The molecule has 8 nitrogen and oxygen atoms in total. The van der Waals surface area contributed by atoms with Crippen LogP contribution in [0.5, 0.6) is 11.5 Å². The number of aromatic amines is 1. The fourth-order valence-corrected chi connectivity index (χ4v) is 3.17. The van der Waals surface area contributed by atoms with Gasteiger partial charge in [0.1, 0.15) is 11.5 Å². The topological polar surface area (TPSA) is 122 Å². The number of H-pyrrole nitrogens is 1. The second-order valence-corrected chi connectivity index (χ2v) is 7.02. The normalized spacial score (nSPS) is 11.6. The van der Waals surface area contributed by atoms with Crippen LogP contribution in [0, 0.1) is 0 Å². The molecule has 1 aromatic heterocycles. The van der Waals surface area contributed by atoms with Gasteiger partial charge >= 0.3 is 6.03 Å². The second-order valence-electron chi connectivity index (χ2n) is 7.02. The van der Waals surface area contributed by atoms with Gasteiger partial charge in [0.2, 0.25) is 0 Å². The Morgan fingerprint density at radius 1 is 1.06 bits per heavy atom. The number of ether oxygens (including phenoxy) is 1. The molecule has 0 bridgehead atoms. The predicted octanol–water partition coefficient (Wildman–Crippen LogP) is 4.34. The van der Waals surface area contributed by atoms with Gasteiger partial charge in [-0.3, -0.25) is 9.89 Å². The maximum absolute atomic E-state index is 12.4. The average molecular weight is 415 g/mol. The summed E-state index contributed by atoms with van der Waals surface area (Å²) in [7, 11) is 0. The van der Waals surface area contributed by atoms with Crippen LogP contribution in [0.1, 0.15) is 28.9 Å². The third-order valence-corrected chi connectivity index (χ3v) is 4.80. The standard InChI is InChI=1S/C23H21N5O3/c1-14(15-6-11-20-16(12-15)13-25-28-20)26-23(30)27-17-7-9-18(10-8-17)31-21-5-3-2-4-19(21)22(24)29/h2-14H,1H3,(H2,24,29)(H,25,28)(H2,26,27,30). The summed E-state index contributed by atoms with van der Waals surface area (Å²) in [5, 5.41) is 13.6. The third-order valence-electron chi connectivity index (χ3n) is 4.80. The number of para-hydroxylation sites is 1. The zero-order valence-corrected chi connectivity index (χ0v) is 16.8. The zero-order chi connectivity index (χ0) is 21.8. The van der Waals surface area contributed by atoms with Crippen molar-refractivity contribution in [2.24, 2.45) is 5.73 Å². The lowest BCUT2D eigenvalue weighted by atomic mass is 10.1. The van der Waals surface area contributed by atoms with E-state index in [0.717, 1.165) is 16.5 Å². The van der Waals surface area contributed by atoms with E-state index in [1.807, 2.05) is 25.1 Å². The molecule has 3 amide bonds. The molecule has 0 aliphatic heterocycles. The van der Waals surface area contributed by atoms with E-state index in [-0.39, 0.29) is 12.1 Å². The molecular weight excluding hydrogens is 394 g/mol. The molecule has 0 saturated carbocycles. The van der Waals surface area contributed by atoms with Gasteiger partial charge in [-0.15, -0.1) is 0 Å². The summed E-state index contributed by atoms with van der Waals surface area (Å²) in [4.78, 5) is 23.9. The molecule has 4 rings (SSSR count). The first-order valence-electron chi connectivity index (χ1n) is 9.67. The number of aromatic nitrogens is 2. The SMILES string of the molecule is CC(NC(=O)Nc1ccc(Oc2ccccc2C(N)=O)cc1)c1ccc2[nH]ncc2c1. The number of nitrogens with two attached hydrogens (primary N) is 1. The number of benzene rings is 3. The number of carbonyl (C=O) groups excluding carboxylic acids is 2. The van der Waals surface area contributed by atoms with Crippen LogP contribution < -0.4 is 21.1 Å². The average Bonchev–Trinajstić information content (AvgIpc) is 3.23. The number of primary amides is 1. The van der Waals surface area contributed by atoms with E-state index < -0.39 is 5.91 Å². The number of rotatable bonds is 6. The number of urea groups is 1. The maximum Gasteiger partial charge on any atom is 0.319 e. The summed E-state index contributed by atoms with van der Waals surface area (Å²) in [6.07, 6.45) is 1.75. The number of hydrogen-bond acceptors (Lipinski definition) is 4. The number of nitrogens with one attached hydrogen (secondary N) is 3. The highest BCUT2D eigenvalue weighted by Gasteiger charge is 2.12. The van der Waals surface area contributed by atoms with E-state index in [9.17, 15) is 9.59 Å². The first kappa shape index (κ1) is 20.0. The first-order valence-corrected chi connectivity index (χ1v) is 9.67. The smallest absolute Gasteiger partial charge is 0.319 e. The van der Waals surface area contributed by atoms with Gasteiger partial charge in [0, 0.05) is 11.1 Å².